The number of fused-ring (bicyclic) bond motifs is 3. The Hall–Kier alpha value is -2.90. The van der Waals surface area contributed by atoms with Gasteiger partial charge in [0.15, 0.2) is 23.1 Å². The number of ketones is 2. The molecule has 2 saturated carbocycles. The van der Waals surface area contributed by atoms with Crippen LogP contribution in [0, 0.1) is 29.6 Å². The molecule has 2 heterocycles. The fraction of sp³-hybridized carbons (Fsp3) is 0.750. The standard InChI is InChI=1S/C40H62N6O6/c1-4-44-32-22-26-11-6-5-10-25(26)21-30(32)33(14-9-19-47)51-37(50)40-36(49)29-13-8-7-12-28(29)35(48)39(40,52-40)17-15-24(2)20-31(46-38(42)43-3)27-16-18-45-34(41)23-27/h6,11,15,22,25,27-34,44-45,47H,4-5,7-10,12-14,16-21,23,41H2,1-3H3,(H3,42,43,46). The highest BCUT2D eigenvalue weighted by Gasteiger charge is 2.87. The Morgan fingerprint density at radius 1 is 1.19 bits per heavy atom. The number of carbonyl (C=O) groups is 3. The van der Waals surface area contributed by atoms with Crippen LogP contribution in [0.2, 0.25) is 0 Å². The van der Waals surface area contributed by atoms with Crippen LogP contribution in [0.1, 0.15) is 97.3 Å². The number of aliphatic hydroxyl groups is 1. The van der Waals surface area contributed by atoms with Gasteiger partial charge in [0.1, 0.15) is 6.10 Å². The summed E-state index contributed by atoms with van der Waals surface area (Å²) in [5, 5.41) is 20.1. The molecule has 4 fully saturated rings. The lowest BCUT2D eigenvalue weighted by atomic mass is 9.61. The first-order valence-corrected chi connectivity index (χ1v) is 19.9. The maximum absolute atomic E-state index is 14.7. The molecule has 0 aromatic carbocycles. The van der Waals surface area contributed by atoms with Crippen LogP contribution in [0.5, 0.6) is 0 Å². The van der Waals surface area contributed by atoms with Crippen LogP contribution in [-0.2, 0) is 23.9 Å². The van der Waals surface area contributed by atoms with Crippen molar-refractivity contribution in [1.29, 1.82) is 0 Å². The number of allylic oxidation sites excluding steroid dienone is 3. The normalized spacial score (nSPS) is 37.2. The van der Waals surface area contributed by atoms with E-state index in [-0.39, 0.29) is 54.7 Å². The van der Waals surface area contributed by atoms with Crippen LogP contribution < -0.4 is 27.4 Å². The summed E-state index contributed by atoms with van der Waals surface area (Å²) in [6.07, 6.45) is 17.1. The number of guanidine groups is 1. The number of esters is 1. The molecule has 12 heteroatoms. The first kappa shape index (κ1) is 38.8. The fourth-order valence-electron chi connectivity index (χ4n) is 10.1. The molecule has 11 atom stereocenters. The Labute approximate surface area is 309 Å². The molecule has 288 valence electrons. The van der Waals surface area contributed by atoms with Gasteiger partial charge in [-0.05, 0) is 102 Å². The Morgan fingerprint density at radius 3 is 2.67 bits per heavy atom. The first-order valence-electron chi connectivity index (χ1n) is 19.9. The second kappa shape index (κ2) is 16.6. The number of rotatable bonds is 14. The minimum absolute atomic E-state index is 0.0299. The number of likely N-dealkylation sites (N-methyl/N-ethyl adjacent to an activating group) is 1. The highest BCUT2D eigenvalue weighted by atomic mass is 16.7. The zero-order valence-electron chi connectivity index (χ0n) is 31.4. The summed E-state index contributed by atoms with van der Waals surface area (Å²) in [5.74, 6) is -1.25. The van der Waals surface area contributed by atoms with Crippen LogP contribution in [-0.4, -0.2) is 90.9 Å². The first-order chi connectivity index (χ1) is 25.1. The second-order valence-electron chi connectivity index (χ2n) is 16.1. The molecule has 0 spiro atoms. The van der Waals surface area contributed by atoms with Crippen molar-refractivity contribution in [2.24, 2.45) is 46.0 Å². The topological polar surface area (TPSA) is 194 Å². The summed E-state index contributed by atoms with van der Waals surface area (Å²) < 4.78 is 12.8. The number of ether oxygens (including phenoxy) is 2. The maximum Gasteiger partial charge on any atom is 0.350 e. The average molecular weight is 723 g/mol. The SMILES string of the molecule is CCNC1C=C2C=CCCC2CC1C(CCCO)OC(=O)C12OC1(CC=C(C)CC(NC(N)=NC)C1CCNC(N)C1)C(=O)C1CCCCC1C2=O. The zero-order valence-corrected chi connectivity index (χ0v) is 31.4. The van der Waals surface area contributed by atoms with Crippen molar-refractivity contribution in [3.05, 3.63) is 35.5 Å². The number of nitrogens with one attached hydrogen (secondary N) is 3. The van der Waals surface area contributed by atoms with Crippen LogP contribution in [0.3, 0.4) is 0 Å². The van der Waals surface area contributed by atoms with Gasteiger partial charge in [0.05, 0.1) is 6.17 Å². The molecule has 8 N–H and O–H groups in total. The molecule has 52 heavy (non-hydrogen) atoms. The molecule has 0 bridgehead atoms. The predicted octanol–water partition coefficient (Wildman–Crippen LogP) is 2.94. The molecule has 0 amide bonds. The van der Waals surface area contributed by atoms with Gasteiger partial charge in [0.2, 0.25) is 0 Å². The number of nitrogens with zero attached hydrogens (tertiary/aromatic N) is 1. The summed E-state index contributed by atoms with van der Waals surface area (Å²) in [5.41, 5.74) is 11.2. The molecule has 11 unspecified atom stereocenters. The summed E-state index contributed by atoms with van der Waals surface area (Å²) in [7, 11) is 1.65. The predicted molar refractivity (Wildman–Crippen MR) is 200 cm³/mol. The van der Waals surface area contributed by atoms with Gasteiger partial charge in [-0.25, -0.2) is 4.79 Å². The van der Waals surface area contributed by atoms with E-state index < -0.39 is 35.1 Å². The third kappa shape index (κ3) is 7.56. The van der Waals surface area contributed by atoms with Crippen molar-refractivity contribution >= 4 is 23.5 Å². The Bertz CT molecular complexity index is 1460. The summed E-state index contributed by atoms with van der Waals surface area (Å²) in [6, 6.07) is -0.0637. The monoisotopic (exact) mass is 722 g/mol. The van der Waals surface area contributed by atoms with E-state index in [4.69, 9.17) is 20.9 Å². The van der Waals surface area contributed by atoms with Crippen molar-refractivity contribution in [3.63, 3.8) is 0 Å². The maximum atomic E-state index is 14.7. The van der Waals surface area contributed by atoms with E-state index in [1.165, 1.54) is 5.57 Å². The molecule has 0 aromatic heterocycles. The van der Waals surface area contributed by atoms with Crippen molar-refractivity contribution in [2.45, 2.75) is 133 Å². The molecule has 6 rings (SSSR count). The van der Waals surface area contributed by atoms with Gasteiger partial charge in [-0.15, -0.1) is 0 Å². The van der Waals surface area contributed by atoms with Crippen molar-refractivity contribution in [3.8, 4) is 0 Å². The number of hydrogen-bond acceptors (Lipinski definition) is 10. The van der Waals surface area contributed by atoms with Crippen molar-refractivity contribution in [1.82, 2.24) is 16.0 Å². The highest BCUT2D eigenvalue weighted by Crippen LogP contribution is 2.61. The van der Waals surface area contributed by atoms with Gasteiger partial charge < -0.3 is 42.0 Å². The smallest absolute Gasteiger partial charge is 0.350 e. The minimum atomic E-state index is -1.95. The van der Waals surface area contributed by atoms with Crippen LogP contribution in [0.15, 0.2) is 40.4 Å². The quantitative estimate of drug-likeness (QED) is 0.0386. The van der Waals surface area contributed by atoms with E-state index in [1.807, 2.05) is 13.0 Å². The number of carbonyl (C=O) groups excluding carboxylic acids is 3. The van der Waals surface area contributed by atoms with Gasteiger partial charge >= 0.3 is 5.97 Å². The summed E-state index contributed by atoms with van der Waals surface area (Å²) >= 11 is 0. The summed E-state index contributed by atoms with van der Waals surface area (Å²) in [6.45, 7) is 5.58. The van der Waals surface area contributed by atoms with Crippen molar-refractivity contribution < 1.29 is 29.0 Å². The number of piperidine rings is 1. The molecular weight excluding hydrogens is 660 g/mol. The number of nitrogens with two attached hydrogens (primary N) is 2. The van der Waals surface area contributed by atoms with Crippen LogP contribution in [0.25, 0.3) is 0 Å². The van der Waals surface area contributed by atoms with E-state index in [0.29, 0.717) is 44.0 Å². The third-order valence-corrected chi connectivity index (χ3v) is 12.9. The largest absolute Gasteiger partial charge is 0.459 e. The number of hydrogen-bond donors (Lipinski definition) is 6. The van der Waals surface area contributed by atoms with Crippen molar-refractivity contribution in [2.75, 3.05) is 26.7 Å². The second-order valence-corrected chi connectivity index (χ2v) is 16.1. The molecule has 6 aliphatic rings. The van der Waals surface area contributed by atoms with Gasteiger partial charge in [-0.2, -0.15) is 0 Å². The number of aliphatic hydroxyl groups excluding tert-OH is 1. The summed E-state index contributed by atoms with van der Waals surface area (Å²) in [4.78, 5) is 47.8. The molecule has 0 aromatic rings. The van der Waals surface area contributed by atoms with Gasteiger partial charge in [-0.1, -0.05) is 49.6 Å². The third-order valence-electron chi connectivity index (χ3n) is 12.9. The minimum Gasteiger partial charge on any atom is -0.459 e. The van der Waals surface area contributed by atoms with Crippen LogP contribution in [0.4, 0.5) is 0 Å². The molecule has 2 aliphatic heterocycles. The van der Waals surface area contributed by atoms with E-state index in [2.05, 4.69) is 46.1 Å². The van der Waals surface area contributed by atoms with E-state index in [0.717, 1.165) is 63.6 Å². The fourth-order valence-corrected chi connectivity index (χ4v) is 10.1. The zero-order chi connectivity index (χ0) is 37.0. The number of Topliss-reactive ketones (excluding diaryl/α,β-unsaturated/α-hetero) is 2. The van der Waals surface area contributed by atoms with Gasteiger partial charge in [0, 0.05) is 49.9 Å². The molecule has 12 nitrogen and oxygen atoms in total. The molecule has 4 aliphatic carbocycles. The average Bonchev–Trinajstić information content (AvgIpc) is 3.86. The van der Waals surface area contributed by atoms with E-state index in [9.17, 15) is 19.5 Å². The highest BCUT2D eigenvalue weighted by molar-refractivity contribution is 6.23. The number of aliphatic imine (C=N–C) groups is 1. The van der Waals surface area contributed by atoms with E-state index >= 15 is 0 Å². The lowest BCUT2D eigenvalue weighted by Crippen LogP contribution is -2.59. The molecular formula is C40H62N6O6. The molecule has 0 radical (unpaired) electrons. The Morgan fingerprint density at radius 2 is 1.96 bits per heavy atom. The van der Waals surface area contributed by atoms with Crippen LogP contribution >= 0.6 is 0 Å². The number of epoxide rings is 1. The van der Waals surface area contributed by atoms with Gasteiger partial charge in [-0.3, -0.25) is 14.6 Å². The lowest BCUT2D eigenvalue weighted by molar-refractivity contribution is -0.166. The van der Waals surface area contributed by atoms with E-state index in [1.54, 1.807) is 7.05 Å². The van der Waals surface area contributed by atoms with Gasteiger partial charge in [0.25, 0.3) is 5.60 Å². The molecule has 2 saturated heterocycles. The Balaban J connectivity index is 1.27. The lowest BCUT2D eigenvalue weighted by Gasteiger charge is -2.41. The Kier molecular flexibility index (Phi) is 12.4.